The molecule has 0 aliphatic rings. The Labute approximate surface area is 97.0 Å². The third-order valence-electron chi connectivity index (χ3n) is 1.95. The van der Waals surface area contributed by atoms with Crippen molar-refractivity contribution in [2.45, 2.75) is 6.42 Å². The van der Waals surface area contributed by atoms with E-state index in [1.54, 1.807) is 0 Å². The van der Waals surface area contributed by atoms with Gasteiger partial charge in [-0.2, -0.15) is 0 Å². The van der Waals surface area contributed by atoms with Gasteiger partial charge >= 0.3 is 23.1 Å². The predicted molar refractivity (Wildman–Crippen MR) is 60.2 cm³/mol. The zero-order valence-electron chi connectivity index (χ0n) is 9.59. The summed E-state index contributed by atoms with van der Waals surface area (Å²) in [6.07, 6.45) is 2.82. The molecule has 0 atom stereocenters. The molecule has 1 heterocycles. The summed E-state index contributed by atoms with van der Waals surface area (Å²) in [5.41, 5.74) is 2.43. The molecule has 0 radical (unpaired) electrons. The Morgan fingerprint density at radius 3 is 2.85 bits per heavy atom. The fourth-order valence-corrected chi connectivity index (χ4v) is 1.40. The van der Waals surface area contributed by atoms with Gasteiger partial charge in [0.05, 0.1) is 0 Å². The molecule has 2 rings (SSSR count). The summed E-state index contributed by atoms with van der Waals surface area (Å²) in [6.45, 7) is 3.71. The summed E-state index contributed by atoms with van der Waals surface area (Å²) in [5, 5.41) is 1.27. The van der Waals surface area contributed by atoms with Crippen LogP contribution in [0, 0.1) is 0 Å². The van der Waals surface area contributed by atoms with Crippen LogP contribution in [0.1, 0.15) is 8.55 Å². The Hall–Kier alpha value is -0.734. The molecule has 0 aliphatic heterocycles. The number of rotatable bonds is 2. The molecule has 2 heteroatoms. The zero-order chi connectivity index (χ0) is 8.39. The fourth-order valence-electron chi connectivity index (χ4n) is 1.40. The van der Waals surface area contributed by atoms with Gasteiger partial charge in [0.2, 0.25) is 0 Å². The number of hydrogen-bond acceptors (Lipinski definition) is 0. The van der Waals surface area contributed by atoms with Gasteiger partial charge in [0.1, 0.15) is 0 Å². The molecule has 0 saturated heterocycles. The van der Waals surface area contributed by atoms with Gasteiger partial charge in [-0.05, 0) is 17.5 Å². The van der Waals surface area contributed by atoms with E-state index in [1.807, 2.05) is 18.2 Å². The summed E-state index contributed by atoms with van der Waals surface area (Å²) in [7, 11) is 0. The number of nitrogens with one attached hydrogen (secondary N) is 1. The minimum Gasteiger partial charge on any atom is -1.00 e. The van der Waals surface area contributed by atoms with Crippen molar-refractivity contribution >= 4 is 34.0 Å². The zero-order valence-corrected chi connectivity index (χ0v) is 9.00. The molecule has 1 aromatic heterocycles. The van der Waals surface area contributed by atoms with Crippen LogP contribution in [-0.2, 0) is 6.42 Å². The van der Waals surface area contributed by atoms with Crippen molar-refractivity contribution in [3.05, 3.63) is 48.7 Å². The van der Waals surface area contributed by atoms with E-state index in [4.69, 9.17) is 0 Å². The number of H-pyrrole nitrogens is 1. The second kappa shape index (κ2) is 4.49. The quantitative estimate of drug-likeness (QED) is 0.544. The van der Waals surface area contributed by atoms with Gasteiger partial charge in [-0.15, -0.1) is 6.58 Å². The summed E-state index contributed by atoms with van der Waals surface area (Å²) in [5.74, 6) is 0. The smallest absolute Gasteiger partial charge is 1.00 e. The number of allylic oxidation sites excluding steroid dienone is 1. The number of aromatic amines is 1. The first-order valence-corrected chi connectivity index (χ1v) is 4.07. The van der Waals surface area contributed by atoms with Crippen LogP contribution in [0.15, 0.2) is 43.0 Å². The topological polar surface area (TPSA) is 15.8 Å². The minimum atomic E-state index is 0. The summed E-state index contributed by atoms with van der Waals surface area (Å²) >= 11 is 0. The van der Waals surface area contributed by atoms with Gasteiger partial charge in [-0.1, -0.05) is 24.3 Å². The van der Waals surface area contributed by atoms with Crippen molar-refractivity contribution < 1.29 is 2.85 Å². The van der Waals surface area contributed by atoms with E-state index < -0.39 is 0 Å². The van der Waals surface area contributed by atoms with Gasteiger partial charge in [0.25, 0.3) is 0 Å². The molecule has 0 bridgehead atoms. The van der Waals surface area contributed by atoms with Crippen LogP contribution in [0.2, 0.25) is 0 Å². The Bertz CT molecular complexity index is 379. The van der Waals surface area contributed by atoms with E-state index in [-0.39, 0.29) is 25.9 Å². The Kier molecular flexibility index (Phi) is 3.57. The molecule has 1 N–H and O–H groups in total. The molecule has 0 spiro atoms. The maximum absolute atomic E-state index is 3.71. The first-order valence-electron chi connectivity index (χ1n) is 4.07. The number of benzene rings is 1. The van der Waals surface area contributed by atoms with Crippen molar-refractivity contribution in [1.82, 2.24) is 4.98 Å². The van der Waals surface area contributed by atoms with E-state index in [0.29, 0.717) is 0 Å². The molecule has 0 unspecified atom stereocenters. The van der Waals surface area contributed by atoms with Crippen LogP contribution in [0.5, 0.6) is 0 Å². The predicted octanol–water partition coefficient (Wildman–Crippen LogP) is 2.74. The van der Waals surface area contributed by atoms with Crippen molar-refractivity contribution in [2.24, 2.45) is 0 Å². The van der Waals surface area contributed by atoms with Crippen LogP contribution < -0.4 is 0 Å². The Balaban J connectivity index is 0. The second-order valence-corrected chi connectivity index (χ2v) is 2.87. The molecule has 0 aliphatic carbocycles. The van der Waals surface area contributed by atoms with E-state index in [2.05, 4.69) is 29.8 Å². The molecule has 0 amide bonds. The van der Waals surface area contributed by atoms with Crippen LogP contribution >= 0.6 is 0 Å². The summed E-state index contributed by atoms with van der Waals surface area (Å²) in [6, 6.07) is 10.4. The molecular formula is C11H13MgN. The van der Waals surface area contributed by atoms with Crippen molar-refractivity contribution in [3.8, 4) is 0 Å². The summed E-state index contributed by atoms with van der Waals surface area (Å²) < 4.78 is 0. The molecule has 1 nitrogen and oxygen atoms in total. The molecular weight excluding hydrogens is 170 g/mol. The number of hydrogen-bond donors (Lipinski definition) is 1. The third kappa shape index (κ3) is 2.14. The second-order valence-electron chi connectivity index (χ2n) is 2.87. The van der Waals surface area contributed by atoms with Gasteiger partial charge in [0.15, 0.2) is 0 Å². The normalized spacial score (nSPS) is 9.54. The third-order valence-corrected chi connectivity index (χ3v) is 1.95. The maximum Gasteiger partial charge on any atom is 2.00 e. The molecule has 13 heavy (non-hydrogen) atoms. The Morgan fingerprint density at radius 2 is 2.15 bits per heavy atom. The minimum absolute atomic E-state index is 0. The molecule has 0 fully saturated rings. The Morgan fingerprint density at radius 1 is 1.38 bits per heavy atom. The molecule has 64 valence electrons. The van der Waals surface area contributed by atoms with Crippen molar-refractivity contribution in [3.63, 3.8) is 0 Å². The SMILES string of the molecule is C=CCc1cc2ccccc2[nH]1.[H-].[H-].[Mg+2]. The van der Waals surface area contributed by atoms with E-state index in [0.717, 1.165) is 6.42 Å². The van der Waals surface area contributed by atoms with Gasteiger partial charge in [-0.25, -0.2) is 0 Å². The van der Waals surface area contributed by atoms with E-state index in [1.165, 1.54) is 16.6 Å². The number of para-hydroxylation sites is 1. The summed E-state index contributed by atoms with van der Waals surface area (Å²) in [4.78, 5) is 3.33. The molecule has 2 aromatic rings. The van der Waals surface area contributed by atoms with Gasteiger partial charge < -0.3 is 7.84 Å². The molecule has 1 aromatic carbocycles. The standard InChI is InChI=1S/C11H11N.Mg.2H/c1-2-5-10-8-9-6-3-4-7-11(9)12-10;;;/h2-4,6-8,12H,1,5H2;;;/q;+2;2*-1. The maximum atomic E-state index is 3.71. The number of aromatic nitrogens is 1. The van der Waals surface area contributed by atoms with Crippen LogP contribution in [-0.4, -0.2) is 28.0 Å². The van der Waals surface area contributed by atoms with E-state index in [9.17, 15) is 0 Å². The monoisotopic (exact) mass is 183 g/mol. The van der Waals surface area contributed by atoms with E-state index >= 15 is 0 Å². The average molecular weight is 184 g/mol. The first-order chi connectivity index (χ1) is 5.90. The average Bonchev–Trinajstić information content (AvgIpc) is 2.47. The first kappa shape index (κ1) is 10.3. The van der Waals surface area contributed by atoms with Crippen LogP contribution in [0.4, 0.5) is 0 Å². The van der Waals surface area contributed by atoms with Crippen molar-refractivity contribution in [2.75, 3.05) is 0 Å². The molecule has 0 saturated carbocycles. The van der Waals surface area contributed by atoms with Gasteiger partial charge in [0, 0.05) is 17.6 Å². The fraction of sp³-hybridized carbons (Fsp3) is 0.0909. The van der Waals surface area contributed by atoms with Crippen molar-refractivity contribution in [1.29, 1.82) is 0 Å². The number of fused-ring (bicyclic) bond motifs is 1. The van der Waals surface area contributed by atoms with Crippen LogP contribution in [0.25, 0.3) is 10.9 Å². The largest absolute Gasteiger partial charge is 2.00 e. The van der Waals surface area contributed by atoms with Gasteiger partial charge in [-0.3, -0.25) is 0 Å². The van der Waals surface area contributed by atoms with Crippen LogP contribution in [0.3, 0.4) is 0 Å².